The van der Waals surface area contributed by atoms with Crippen LogP contribution in [-0.2, 0) is 0 Å². The fraction of sp³-hybridized carbons (Fsp3) is 0.136. The van der Waals surface area contributed by atoms with Gasteiger partial charge in [0.15, 0.2) is 0 Å². The Balaban J connectivity index is 1.75. The van der Waals surface area contributed by atoms with Crippen molar-refractivity contribution in [3.05, 3.63) is 78.4 Å². The second-order valence-corrected chi connectivity index (χ2v) is 7.72. The highest BCUT2D eigenvalue weighted by atomic mass is 32.2. The number of nitrogens with one attached hydrogen (secondary N) is 1. The van der Waals surface area contributed by atoms with E-state index in [2.05, 4.69) is 51.7 Å². The average Bonchev–Trinajstić information content (AvgIpc) is 2.71. The fourth-order valence-corrected chi connectivity index (χ4v) is 4.44. The van der Waals surface area contributed by atoms with Gasteiger partial charge in [0.25, 0.3) is 0 Å². The van der Waals surface area contributed by atoms with Gasteiger partial charge in [0.2, 0.25) is 0 Å². The smallest absolute Gasteiger partial charge is 0.405 e. The number of nitrogens with zero attached hydrogens (tertiary/aromatic N) is 2. The fourth-order valence-electron chi connectivity index (χ4n) is 3.39. The van der Waals surface area contributed by atoms with Crippen LogP contribution in [0, 0.1) is 0 Å². The molecule has 0 fully saturated rings. The molecular formula is C22H21N3O2S. The summed E-state index contributed by atoms with van der Waals surface area (Å²) in [6.07, 6.45) is -1.03. The highest BCUT2D eigenvalue weighted by molar-refractivity contribution is 7.99. The van der Waals surface area contributed by atoms with Crippen LogP contribution in [-0.4, -0.2) is 18.2 Å². The zero-order valence-corrected chi connectivity index (χ0v) is 16.5. The normalized spacial score (nSPS) is 13.3. The van der Waals surface area contributed by atoms with Crippen molar-refractivity contribution < 1.29 is 9.90 Å². The molecule has 1 unspecified atom stereocenters. The SMILES string of the molecule is CC(NC(=O)O)c1cccc(N(C)N2c3ccccc3Sc3ccccc32)c1. The van der Waals surface area contributed by atoms with Gasteiger partial charge in [0.1, 0.15) is 0 Å². The maximum atomic E-state index is 11.0. The van der Waals surface area contributed by atoms with Gasteiger partial charge < -0.3 is 10.4 Å². The molecule has 0 radical (unpaired) electrons. The number of hydrogen-bond donors (Lipinski definition) is 2. The number of para-hydroxylation sites is 2. The molecule has 4 rings (SSSR count). The molecule has 0 saturated heterocycles. The van der Waals surface area contributed by atoms with Crippen molar-refractivity contribution in [1.29, 1.82) is 0 Å². The van der Waals surface area contributed by atoms with Gasteiger partial charge in [-0.05, 0) is 48.9 Å². The van der Waals surface area contributed by atoms with Crippen LogP contribution in [0.3, 0.4) is 0 Å². The van der Waals surface area contributed by atoms with Crippen LogP contribution in [0.15, 0.2) is 82.6 Å². The predicted octanol–water partition coefficient (Wildman–Crippen LogP) is 5.67. The van der Waals surface area contributed by atoms with Gasteiger partial charge in [0, 0.05) is 16.8 Å². The van der Waals surface area contributed by atoms with Crippen molar-refractivity contribution in [1.82, 2.24) is 5.32 Å². The quantitative estimate of drug-likeness (QED) is 0.600. The lowest BCUT2D eigenvalue weighted by atomic mass is 10.1. The van der Waals surface area contributed by atoms with E-state index in [1.54, 1.807) is 11.8 Å². The van der Waals surface area contributed by atoms with Crippen LogP contribution in [0.1, 0.15) is 18.5 Å². The maximum Gasteiger partial charge on any atom is 0.405 e. The summed E-state index contributed by atoms with van der Waals surface area (Å²) in [5.41, 5.74) is 4.14. The van der Waals surface area contributed by atoms with E-state index in [9.17, 15) is 4.79 Å². The van der Waals surface area contributed by atoms with Crippen molar-refractivity contribution in [3.8, 4) is 0 Å². The van der Waals surface area contributed by atoms with Crippen molar-refractivity contribution in [2.24, 2.45) is 0 Å². The van der Waals surface area contributed by atoms with Crippen molar-refractivity contribution >= 4 is 34.9 Å². The third-order valence-corrected chi connectivity index (χ3v) is 5.92. The second kappa shape index (κ2) is 7.48. The largest absolute Gasteiger partial charge is 0.465 e. The molecule has 0 bridgehead atoms. The number of rotatable bonds is 4. The Hall–Kier alpha value is -3.12. The Kier molecular flexibility index (Phi) is 4.88. The summed E-state index contributed by atoms with van der Waals surface area (Å²) < 4.78 is 0. The summed E-state index contributed by atoms with van der Waals surface area (Å²) >= 11 is 1.77. The molecule has 0 aromatic heterocycles. The third-order valence-electron chi connectivity index (χ3n) is 4.79. The van der Waals surface area contributed by atoms with E-state index >= 15 is 0 Å². The van der Waals surface area contributed by atoms with E-state index in [1.807, 2.05) is 50.4 Å². The first-order valence-corrected chi connectivity index (χ1v) is 9.85. The molecular weight excluding hydrogens is 370 g/mol. The lowest BCUT2D eigenvalue weighted by molar-refractivity contribution is 0.191. The Morgan fingerprint density at radius 3 is 2.21 bits per heavy atom. The van der Waals surface area contributed by atoms with E-state index in [0.717, 1.165) is 22.6 Å². The molecule has 1 heterocycles. The summed E-state index contributed by atoms with van der Waals surface area (Å²) in [6, 6.07) is 24.4. The van der Waals surface area contributed by atoms with Gasteiger partial charge in [-0.15, -0.1) is 0 Å². The first-order chi connectivity index (χ1) is 13.5. The molecule has 1 aliphatic heterocycles. The molecule has 0 aliphatic carbocycles. The standard InChI is InChI=1S/C22H21N3O2S/c1-15(23-22(26)27)16-8-7-9-17(14-16)24(2)25-18-10-3-5-12-20(18)28-21-13-6-4-11-19(21)25/h3-15,23H,1-2H3,(H,26,27). The van der Waals surface area contributed by atoms with Gasteiger partial charge >= 0.3 is 6.09 Å². The molecule has 5 nitrogen and oxygen atoms in total. The minimum absolute atomic E-state index is 0.290. The van der Waals surface area contributed by atoms with Crippen LogP contribution in [0.5, 0.6) is 0 Å². The number of benzene rings is 3. The molecule has 2 N–H and O–H groups in total. The molecule has 3 aromatic rings. The molecule has 0 spiro atoms. The molecule has 142 valence electrons. The van der Waals surface area contributed by atoms with Gasteiger partial charge in [0.05, 0.1) is 23.1 Å². The van der Waals surface area contributed by atoms with Gasteiger partial charge in [-0.2, -0.15) is 0 Å². The highest BCUT2D eigenvalue weighted by Gasteiger charge is 2.26. The van der Waals surface area contributed by atoms with Gasteiger partial charge in [-0.3, -0.25) is 10.0 Å². The lowest BCUT2D eigenvalue weighted by Crippen LogP contribution is -2.38. The third kappa shape index (κ3) is 3.39. The van der Waals surface area contributed by atoms with E-state index < -0.39 is 6.09 Å². The van der Waals surface area contributed by atoms with Crippen LogP contribution in [0.4, 0.5) is 21.9 Å². The number of carboxylic acid groups (broad SMARTS) is 1. The Morgan fingerprint density at radius 1 is 1.00 bits per heavy atom. The molecule has 1 atom stereocenters. The first-order valence-electron chi connectivity index (χ1n) is 9.03. The van der Waals surface area contributed by atoms with Crippen LogP contribution >= 0.6 is 11.8 Å². The number of amides is 1. The second-order valence-electron chi connectivity index (χ2n) is 6.64. The monoisotopic (exact) mass is 391 g/mol. The zero-order chi connectivity index (χ0) is 19.7. The number of hydrazine groups is 1. The van der Waals surface area contributed by atoms with Gasteiger partial charge in [-0.1, -0.05) is 48.2 Å². The summed E-state index contributed by atoms with van der Waals surface area (Å²) in [7, 11) is 2.03. The number of carbonyl (C=O) groups is 1. The minimum atomic E-state index is -1.03. The van der Waals surface area contributed by atoms with Crippen LogP contribution in [0.25, 0.3) is 0 Å². The molecule has 6 heteroatoms. The average molecular weight is 391 g/mol. The topological polar surface area (TPSA) is 55.8 Å². The maximum absolute atomic E-state index is 11.0. The zero-order valence-electron chi connectivity index (χ0n) is 15.7. The van der Waals surface area contributed by atoms with Crippen molar-refractivity contribution in [3.63, 3.8) is 0 Å². The Bertz CT molecular complexity index is 978. The molecule has 28 heavy (non-hydrogen) atoms. The lowest BCUT2D eigenvalue weighted by Gasteiger charge is -2.40. The van der Waals surface area contributed by atoms with Crippen molar-refractivity contribution in [2.75, 3.05) is 17.1 Å². The summed E-state index contributed by atoms with van der Waals surface area (Å²) in [4.78, 5) is 13.4. The number of hydrogen-bond acceptors (Lipinski definition) is 4. The Morgan fingerprint density at radius 2 is 1.61 bits per heavy atom. The Labute approximate surface area is 168 Å². The highest BCUT2D eigenvalue weighted by Crippen LogP contribution is 2.48. The van der Waals surface area contributed by atoms with E-state index in [4.69, 9.17) is 5.11 Å². The van der Waals surface area contributed by atoms with E-state index in [1.165, 1.54) is 9.79 Å². The summed E-state index contributed by atoms with van der Waals surface area (Å²) in [6.45, 7) is 1.84. The van der Waals surface area contributed by atoms with E-state index in [-0.39, 0.29) is 6.04 Å². The molecule has 3 aromatic carbocycles. The molecule has 1 aliphatic rings. The van der Waals surface area contributed by atoms with E-state index in [0.29, 0.717) is 0 Å². The molecule has 0 saturated carbocycles. The summed E-state index contributed by atoms with van der Waals surface area (Å²) in [5, 5.41) is 15.8. The predicted molar refractivity (Wildman–Crippen MR) is 114 cm³/mol. The number of fused-ring (bicyclic) bond motifs is 2. The summed E-state index contributed by atoms with van der Waals surface area (Å²) in [5.74, 6) is 0. The first kappa shape index (κ1) is 18.3. The number of anilines is 3. The van der Waals surface area contributed by atoms with Crippen molar-refractivity contribution in [2.45, 2.75) is 22.8 Å². The molecule has 1 amide bonds. The van der Waals surface area contributed by atoms with Crippen LogP contribution < -0.4 is 15.3 Å². The van der Waals surface area contributed by atoms with Gasteiger partial charge in [-0.25, -0.2) is 4.79 Å². The van der Waals surface area contributed by atoms with Crippen LogP contribution in [0.2, 0.25) is 0 Å². The minimum Gasteiger partial charge on any atom is -0.465 e.